The molecule has 0 bridgehead atoms. The van der Waals surface area contributed by atoms with E-state index < -0.39 is 11.9 Å². The molecule has 1 heterocycles. The molecule has 0 radical (unpaired) electrons. The number of carboxylic acids is 1. The largest absolute Gasteiger partial charge is 0.481 e. The molecule has 6 nitrogen and oxygen atoms in total. The molecule has 1 atom stereocenters. The fraction of sp³-hybridized carbons (Fsp3) is 0.421. The van der Waals surface area contributed by atoms with Crippen molar-refractivity contribution >= 4 is 11.9 Å². The zero-order valence-electron chi connectivity index (χ0n) is 15.1. The predicted octanol–water partition coefficient (Wildman–Crippen LogP) is 2.39. The third kappa shape index (κ3) is 4.92. The van der Waals surface area contributed by atoms with Crippen molar-refractivity contribution in [1.29, 1.82) is 0 Å². The Bertz CT molecular complexity index is 745. The molecule has 0 aliphatic heterocycles. The molecule has 6 heteroatoms. The molecule has 1 amide bonds. The first kappa shape index (κ1) is 18.7. The molecular weight excluding hydrogens is 318 g/mol. The van der Waals surface area contributed by atoms with Crippen LogP contribution in [0.25, 0.3) is 0 Å². The Hall–Kier alpha value is -2.63. The monoisotopic (exact) mass is 343 g/mol. The fourth-order valence-electron chi connectivity index (χ4n) is 2.50. The van der Waals surface area contributed by atoms with Crippen LogP contribution >= 0.6 is 0 Å². The molecule has 0 saturated carbocycles. The van der Waals surface area contributed by atoms with Gasteiger partial charge in [-0.1, -0.05) is 51.1 Å². The van der Waals surface area contributed by atoms with E-state index in [4.69, 9.17) is 0 Å². The first-order valence-electron chi connectivity index (χ1n) is 8.28. The number of hydrogen-bond donors (Lipinski definition) is 2. The Morgan fingerprint density at radius 1 is 1.24 bits per heavy atom. The standard InChI is InChI=1S/C19H25N3O3/c1-19(2,3)16-11-15(22(4)21-16)17(23)20-12-14(18(24)25)10-13-8-6-5-7-9-13/h5-9,11,14H,10,12H2,1-4H3,(H,20,23)(H,24,25)/t14-/m1/s1. The number of carbonyl (C=O) groups is 2. The van der Waals surface area contributed by atoms with Gasteiger partial charge in [-0.05, 0) is 18.1 Å². The van der Waals surface area contributed by atoms with Gasteiger partial charge in [0.1, 0.15) is 5.69 Å². The van der Waals surface area contributed by atoms with E-state index in [2.05, 4.69) is 10.4 Å². The second-order valence-electron chi connectivity index (χ2n) is 7.22. The maximum absolute atomic E-state index is 12.4. The second kappa shape index (κ2) is 7.51. The Labute approximate surface area is 147 Å². The van der Waals surface area contributed by atoms with Crippen LogP contribution in [0.5, 0.6) is 0 Å². The third-order valence-electron chi connectivity index (χ3n) is 4.06. The number of benzene rings is 1. The highest BCUT2D eigenvalue weighted by Gasteiger charge is 2.23. The number of aryl methyl sites for hydroxylation is 1. The molecule has 0 saturated heterocycles. The topological polar surface area (TPSA) is 84.2 Å². The zero-order chi connectivity index (χ0) is 18.6. The average Bonchev–Trinajstić information content (AvgIpc) is 2.94. The molecule has 2 N–H and O–H groups in total. The summed E-state index contributed by atoms with van der Waals surface area (Å²) in [6, 6.07) is 11.1. The summed E-state index contributed by atoms with van der Waals surface area (Å²) >= 11 is 0. The van der Waals surface area contributed by atoms with E-state index in [0.29, 0.717) is 12.1 Å². The van der Waals surface area contributed by atoms with Crippen LogP contribution in [-0.4, -0.2) is 33.3 Å². The van der Waals surface area contributed by atoms with Crippen LogP contribution in [0.15, 0.2) is 36.4 Å². The second-order valence-corrected chi connectivity index (χ2v) is 7.22. The number of nitrogens with one attached hydrogen (secondary N) is 1. The van der Waals surface area contributed by atoms with Crippen LogP contribution in [0, 0.1) is 5.92 Å². The minimum absolute atomic E-state index is 0.0685. The van der Waals surface area contributed by atoms with E-state index in [1.54, 1.807) is 13.1 Å². The zero-order valence-corrected chi connectivity index (χ0v) is 15.1. The van der Waals surface area contributed by atoms with Gasteiger partial charge in [0.15, 0.2) is 0 Å². The smallest absolute Gasteiger partial charge is 0.308 e. The summed E-state index contributed by atoms with van der Waals surface area (Å²) in [6.45, 7) is 6.14. The van der Waals surface area contributed by atoms with Crippen molar-refractivity contribution in [3.05, 3.63) is 53.3 Å². The molecule has 0 spiro atoms. The number of hydrogen-bond acceptors (Lipinski definition) is 3. The Morgan fingerprint density at radius 2 is 1.88 bits per heavy atom. The number of aliphatic carboxylic acids is 1. The van der Waals surface area contributed by atoms with E-state index >= 15 is 0 Å². The number of carbonyl (C=O) groups excluding carboxylic acids is 1. The summed E-state index contributed by atoms with van der Waals surface area (Å²) in [5, 5.41) is 16.5. The van der Waals surface area contributed by atoms with Crippen molar-refractivity contribution in [1.82, 2.24) is 15.1 Å². The van der Waals surface area contributed by atoms with Crippen LogP contribution in [0.1, 0.15) is 42.5 Å². The first-order chi connectivity index (χ1) is 11.7. The van der Waals surface area contributed by atoms with Crippen LogP contribution in [0.3, 0.4) is 0 Å². The molecular formula is C19H25N3O3. The number of nitrogens with zero attached hydrogens (tertiary/aromatic N) is 2. The molecule has 0 fully saturated rings. The Morgan fingerprint density at radius 3 is 2.40 bits per heavy atom. The lowest BCUT2D eigenvalue weighted by Gasteiger charge is -2.14. The highest BCUT2D eigenvalue weighted by Crippen LogP contribution is 2.21. The minimum atomic E-state index is -0.926. The molecule has 0 aliphatic rings. The first-order valence-corrected chi connectivity index (χ1v) is 8.28. The molecule has 0 aliphatic carbocycles. The van der Waals surface area contributed by atoms with E-state index in [1.807, 2.05) is 51.1 Å². The average molecular weight is 343 g/mol. The van der Waals surface area contributed by atoms with Gasteiger partial charge in [-0.3, -0.25) is 14.3 Å². The summed E-state index contributed by atoms with van der Waals surface area (Å²) in [4.78, 5) is 23.9. The van der Waals surface area contributed by atoms with Gasteiger partial charge in [0, 0.05) is 19.0 Å². The molecule has 2 rings (SSSR count). The van der Waals surface area contributed by atoms with Gasteiger partial charge in [0.25, 0.3) is 5.91 Å². The Balaban J connectivity index is 2.04. The van der Waals surface area contributed by atoms with E-state index in [-0.39, 0.29) is 17.9 Å². The number of rotatable bonds is 6. The van der Waals surface area contributed by atoms with Crippen LogP contribution in [-0.2, 0) is 23.7 Å². The molecule has 25 heavy (non-hydrogen) atoms. The van der Waals surface area contributed by atoms with Gasteiger partial charge in [0.05, 0.1) is 11.6 Å². The SMILES string of the molecule is Cn1nc(C(C)(C)C)cc1C(=O)NC[C@@H](Cc1ccccc1)C(=O)O. The Kier molecular flexibility index (Phi) is 5.62. The normalized spacial score (nSPS) is 12.6. The third-order valence-corrected chi connectivity index (χ3v) is 4.06. The number of carboxylic acid groups (broad SMARTS) is 1. The van der Waals surface area contributed by atoms with Gasteiger partial charge < -0.3 is 10.4 Å². The van der Waals surface area contributed by atoms with Crippen LogP contribution in [0.2, 0.25) is 0 Å². The molecule has 2 aromatic rings. The van der Waals surface area contributed by atoms with Crippen molar-refractivity contribution < 1.29 is 14.7 Å². The highest BCUT2D eigenvalue weighted by molar-refractivity contribution is 5.93. The summed E-state index contributed by atoms with van der Waals surface area (Å²) in [6.07, 6.45) is 0.370. The van der Waals surface area contributed by atoms with Crippen LogP contribution in [0.4, 0.5) is 0 Å². The van der Waals surface area contributed by atoms with Gasteiger partial charge >= 0.3 is 5.97 Å². The van der Waals surface area contributed by atoms with Crippen molar-refractivity contribution in [2.45, 2.75) is 32.6 Å². The molecule has 134 valence electrons. The quantitative estimate of drug-likeness (QED) is 0.843. The van der Waals surface area contributed by atoms with E-state index in [9.17, 15) is 14.7 Å². The highest BCUT2D eigenvalue weighted by atomic mass is 16.4. The maximum Gasteiger partial charge on any atom is 0.308 e. The lowest BCUT2D eigenvalue weighted by atomic mass is 9.92. The predicted molar refractivity (Wildman–Crippen MR) is 95.5 cm³/mol. The molecule has 0 unspecified atom stereocenters. The molecule has 1 aromatic heterocycles. The van der Waals surface area contributed by atoms with Gasteiger partial charge in [0.2, 0.25) is 0 Å². The van der Waals surface area contributed by atoms with Crippen molar-refractivity contribution in [3.63, 3.8) is 0 Å². The van der Waals surface area contributed by atoms with Gasteiger partial charge in [-0.2, -0.15) is 5.10 Å². The van der Waals surface area contributed by atoms with Crippen molar-refractivity contribution in [2.24, 2.45) is 13.0 Å². The van der Waals surface area contributed by atoms with Crippen molar-refractivity contribution in [3.8, 4) is 0 Å². The summed E-state index contributed by atoms with van der Waals surface area (Å²) in [7, 11) is 1.71. The van der Waals surface area contributed by atoms with Crippen LogP contribution < -0.4 is 5.32 Å². The number of aromatic nitrogens is 2. The number of amides is 1. The van der Waals surface area contributed by atoms with Crippen molar-refractivity contribution in [2.75, 3.05) is 6.54 Å². The maximum atomic E-state index is 12.4. The summed E-state index contributed by atoms with van der Waals surface area (Å²) in [5.74, 6) is -1.92. The fourth-order valence-corrected chi connectivity index (χ4v) is 2.50. The lowest BCUT2D eigenvalue weighted by Crippen LogP contribution is -2.34. The van der Waals surface area contributed by atoms with Gasteiger partial charge in [-0.25, -0.2) is 0 Å². The van der Waals surface area contributed by atoms with E-state index in [1.165, 1.54) is 4.68 Å². The summed E-state index contributed by atoms with van der Waals surface area (Å²) in [5.41, 5.74) is 2.01. The summed E-state index contributed by atoms with van der Waals surface area (Å²) < 4.78 is 1.53. The lowest BCUT2D eigenvalue weighted by molar-refractivity contribution is -0.141. The minimum Gasteiger partial charge on any atom is -0.481 e. The van der Waals surface area contributed by atoms with Gasteiger partial charge in [-0.15, -0.1) is 0 Å². The molecule has 1 aromatic carbocycles. The van der Waals surface area contributed by atoms with E-state index in [0.717, 1.165) is 11.3 Å².